The van der Waals surface area contributed by atoms with Crippen LogP contribution in [0.5, 0.6) is 0 Å². The molecule has 0 aliphatic heterocycles. The molecule has 0 aliphatic carbocycles. The van der Waals surface area contributed by atoms with Crippen molar-refractivity contribution in [2.45, 2.75) is 23.4 Å². The first-order chi connectivity index (χ1) is 8.13. The smallest absolute Gasteiger partial charge is 0.210 e. The maximum Gasteiger partial charge on any atom is 0.416 e. The predicted octanol–water partition coefficient (Wildman–Crippen LogP) is 2.61. The summed E-state index contributed by atoms with van der Waals surface area (Å²) >= 11 is 5.57. The Morgan fingerprint density at radius 2 is 2.00 bits per heavy atom. The van der Waals surface area contributed by atoms with E-state index in [-0.39, 0.29) is 6.54 Å². The molecule has 0 aromatic heterocycles. The monoisotopic (exact) mass is 301 g/mol. The molecule has 0 amide bonds. The zero-order valence-corrected chi connectivity index (χ0v) is 10.9. The highest BCUT2D eigenvalue weighted by molar-refractivity contribution is 7.89. The van der Waals surface area contributed by atoms with Crippen LogP contribution < -0.4 is 4.72 Å². The third-order valence-corrected chi connectivity index (χ3v) is 3.60. The molecular weight excluding hydrogens is 291 g/mol. The molecule has 1 aromatic rings. The molecule has 0 saturated carbocycles. The van der Waals surface area contributed by atoms with Gasteiger partial charge in [0, 0.05) is 11.9 Å². The van der Waals surface area contributed by atoms with Gasteiger partial charge in [-0.2, -0.15) is 13.2 Å². The summed E-state index contributed by atoms with van der Waals surface area (Å²) in [6, 6.07) is 3.53. The van der Waals surface area contributed by atoms with Crippen molar-refractivity contribution in [2.75, 3.05) is 6.54 Å². The highest BCUT2D eigenvalue weighted by Crippen LogP contribution is 2.30. The van der Waals surface area contributed by atoms with Gasteiger partial charge < -0.3 is 0 Å². The van der Waals surface area contributed by atoms with Gasteiger partial charge in [0.15, 0.2) is 0 Å². The minimum absolute atomic E-state index is 0.0554. The van der Waals surface area contributed by atoms with Gasteiger partial charge in [-0.1, -0.05) is 6.07 Å². The Morgan fingerprint density at radius 3 is 2.50 bits per heavy atom. The van der Waals surface area contributed by atoms with Crippen molar-refractivity contribution in [2.24, 2.45) is 0 Å². The van der Waals surface area contributed by atoms with Gasteiger partial charge in [-0.3, -0.25) is 0 Å². The van der Waals surface area contributed by atoms with Crippen molar-refractivity contribution in [1.82, 2.24) is 4.72 Å². The summed E-state index contributed by atoms with van der Waals surface area (Å²) in [6.45, 7) is 1.51. The predicted molar refractivity (Wildman–Crippen MR) is 61.9 cm³/mol. The van der Waals surface area contributed by atoms with E-state index >= 15 is 0 Å². The highest BCUT2D eigenvalue weighted by Gasteiger charge is 2.31. The standard InChI is InChI=1S/C10H11ClF3NO2S/c1-7(11)6-15-18(16,17)9-4-2-3-8(5-9)10(12,13)14/h2-5,7,15H,6H2,1H3. The van der Waals surface area contributed by atoms with E-state index in [0.717, 1.165) is 18.2 Å². The van der Waals surface area contributed by atoms with Crippen molar-refractivity contribution in [3.63, 3.8) is 0 Å². The number of hydrogen-bond donors (Lipinski definition) is 1. The summed E-state index contributed by atoms with van der Waals surface area (Å²) in [7, 11) is -3.97. The summed E-state index contributed by atoms with van der Waals surface area (Å²) in [6.07, 6.45) is -4.58. The minimum Gasteiger partial charge on any atom is -0.210 e. The second-order valence-electron chi connectivity index (χ2n) is 3.66. The van der Waals surface area contributed by atoms with E-state index < -0.39 is 32.0 Å². The molecule has 1 unspecified atom stereocenters. The van der Waals surface area contributed by atoms with Crippen LogP contribution in [-0.4, -0.2) is 20.3 Å². The Balaban J connectivity index is 3.03. The molecule has 3 nitrogen and oxygen atoms in total. The summed E-state index contributed by atoms with van der Waals surface area (Å²) in [5.41, 5.74) is -1.01. The summed E-state index contributed by atoms with van der Waals surface area (Å²) in [5.74, 6) is 0. The molecule has 0 bridgehead atoms. The summed E-state index contributed by atoms with van der Waals surface area (Å²) in [5, 5.41) is -0.453. The lowest BCUT2D eigenvalue weighted by Gasteiger charge is -2.10. The topological polar surface area (TPSA) is 46.2 Å². The van der Waals surface area contributed by atoms with Gasteiger partial charge in [0.2, 0.25) is 10.0 Å². The quantitative estimate of drug-likeness (QED) is 0.869. The number of nitrogens with one attached hydrogen (secondary N) is 1. The molecule has 1 atom stereocenters. The van der Waals surface area contributed by atoms with Crippen LogP contribution in [0, 0.1) is 0 Å². The van der Waals surface area contributed by atoms with E-state index in [9.17, 15) is 21.6 Å². The molecule has 1 rings (SSSR count). The zero-order valence-electron chi connectivity index (χ0n) is 9.33. The maximum atomic E-state index is 12.4. The van der Waals surface area contributed by atoms with E-state index in [1.165, 1.54) is 0 Å². The first-order valence-corrected chi connectivity index (χ1v) is 6.86. The van der Waals surface area contributed by atoms with E-state index in [1.807, 2.05) is 0 Å². The Labute approximate surface area is 108 Å². The third kappa shape index (κ3) is 4.15. The van der Waals surface area contributed by atoms with Crippen LogP contribution in [0.4, 0.5) is 13.2 Å². The SMILES string of the molecule is CC(Cl)CNS(=O)(=O)c1cccc(C(F)(F)F)c1. The average Bonchev–Trinajstić information content (AvgIpc) is 2.26. The molecule has 102 valence electrons. The average molecular weight is 302 g/mol. The van der Waals surface area contributed by atoms with Gasteiger partial charge in [-0.05, 0) is 25.1 Å². The van der Waals surface area contributed by atoms with E-state index in [1.54, 1.807) is 6.92 Å². The fourth-order valence-corrected chi connectivity index (χ4v) is 2.49. The maximum absolute atomic E-state index is 12.4. The number of alkyl halides is 4. The van der Waals surface area contributed by atoms with Crippen LogP contribution in [0.2, 0.25) is 0 Å². The number of halogens is 4. The Bertz CT molecular complexity index is 514. The van der Waals surface area contributed by atoms with Crippen molar-refractivity contribution in [3.8, 4) is 0 Å². The number of hydrogen-bond acceptors (Lipinski definition) is 2. The molecule has 18 heavy (non-hydrogen) atoms. The normalized spacial score (nSPS) is 14.5. The molecule has 0 spiro atoms. The second kappa shape index (κ2) is 5.46. The minimum atomic E-state index is -4.58. The molecule has 0 saturated heterocycles. The molecule has 8 heteroatoms. The molecule has 0 heterocycles. The Kier molecular flexibility index (Phi) is 4.63. The Morgan fingerprint density at radius 1 is 1.39 bits per heavy atom. The van der Waals surface area contributed by atoms with Gasteiger partial charge in [0.1, 0.15) is 0 Å². The van der Waals surface area contributed by atoms with Crippen LogP contribution in [0.1, 0.15) is 12.5 Å². The van der Waals surface area contributed by atoms with E-state index in [2.05, 4.69) is 4.72 Å². The Hall–Kier alpha value is -0.790. The van der Waals surface area contributed by atoms with Gasteiger partial charge >= 0.3 is 6.18 Å². The lowest BCUT2D eigenvalue weighted by molar-refractivity contribution is -0.137. The van der Waals surface area contributed by atoms with Crippen LogP contribution >= 0.6 is 11.6 Å². The van der Waals surface area contributed by atoms with Crippen LogP contribution in [-0.2, 0) is 16.2 Å². The number of rotatable bonds is 4. The number of sulfonamides is 1. The number of benzene rings is 1. The molecule has 1 N–H and O–H groups in total. The van der Waals surface area contributed by atoms with Crippen molar-refractivity contribution in [1.29, 1.82) is 0 Å². The molecular formula is C10H11ClF3NO2S. The first-order valence-electron chi connectivity index (χ1n) is 4.94. The molecule has 0 fully saturated rings. The third-order valence-electron chi connectivity index (χ3n) is 2.03. The van der Waals surface area contributed by atoms with Crippen LogP contribution in [0.25, 0.3) is 0 Å². The lowest BCUT2D eigenvalue weighted by atomic mass is 10.2. The van der Waals surface area contributed by atoms with Gasteiger partial charge in [0.25, 0.3) is 0 Å². The molecule has 1 aromatic carbocycles. The summed E-state index contributed by atoms with van der Waals surface area (Å²) < 4.78 is 62.8. The highest BCUT2D eigenvalue weighted by atomic mass is 35.5. The van der Waals surface area contributed by atoms with Crippen molar-refractivity contribution in [3.05, 3.63) is 29.8 Å². The largest absolute Gasteiger partial charge is 0.416 e. The van der Waals surface area contributed by atoms with Crippen molar-refractivity contribution < 1.29 is 21.6 Å². The van der Waals surface area contributed by atoms with Crippen molar-refractivity contribution >= 4 is 21.6 Å². The van der Waals surface area contributed by atoms with Gasteiger partial charge in [-0.15, -0.1) is 11.6 Å². The fraction of sp³-hybridized carbons (Fsp3) is 0.400. The van der Waals surface area contributed by atoms with Crippen LogP contribution in [0.15, 0.2) is 29.2 Å². The lowest BCUT2D eigenvalue weighted by Crippen LogP contribution is -2.28. The van der Waals surface area contributed by atoms with Gasteiger partial charge in [-0.25, -0.2) is 13.1 Å². The van der Waals surface area contributed by atoms with Gasteiger partial charge in [0.05, 0.1) is 10.5 Å². The van der Waals surface area contributed by atoms with Crippen LogP contribution in [0.3, 0.4) is 0 Å². The van der Waals surface area contributed by atoms with E-state index in [4.69, 9.17) is 11.6 Å². The van der Waals surface area contributed by atoms with E-state index in [0.29, 0.717) is 6.07 Å². The second-order valence-corrected chi connectivity index (χ2v) is 6.17. The molecule has 0 radical (unpaired) electrons. The zero-order chi connectivity index (χ0) is 14.0. The fourth-order valence-electron chi connectivity index (χ4n) is 1.15. The summed E-state index contributed by atoms with van der Waals surface area (Å²) in [4.78, 5) is -0.436. The molecule has 0 aliphatic rings. The first kappa shape index (κ1) is 15.3.